The average molecular weight is 284 g/mol. The first-order valence-electron chi connectivity index (χ1n) is 8.30. The lowest BCUT2D eigenvalue weighted by molar-refractivity contribution is 0.278. The maximum Gasteiger partial charge on any atom is 0.201 e. The maximum atomic E-state index is 4.62. The molecule has 1 aliphatic carbocycles. The van der Waals surface area contributed by atoms with Crippen molar-refractivity contribution in [2.45, 2.75) is 38.1 Å². The van der Waals surface area contributed by atoms with Crippen LogP contribution in [0.25, 0.3) is 11.0 Å². The predicted octanol–water partition coefficient (Wildman–Crippen LogP) is 3.24. The predicted molar refractivity (Wildman–Crippen MR) is 86.5 cm³/mol. The number of benzene rings is 1. The maximum absolute atomic E-state index is 4.62. The van der Waals surface area contributed by atoms with E-state index in [2.05, 4.69) is 32.3 Å². The number of nitrogens with one attached hydrogen (secondary N) is 2. The molecule has 4 rings (SSSR count). The third kappa shape index (κ3) is 2.91. The standard InChI is InChI=1S/C17H24N4/c1-2-6-13(5-1)11-21-10-9-14(12-21)18-17-19-15-7-3-4-8-16(15)20-17/h3-4,7-8,13-14H,1-2,5-6,9-12H2,(H2,18,19,20). The molecule has 1 aromatic carbocycles. The first-order valence-corrected chi connectivity index (χ1v) is 8.30. The van der Waals surface area contributed by atoms with E-state index in [-0.39, 0.29) is 0 Å². The fraction of sp³-hybridized carbons (Fsp3) is 0.588. The molecule has 1 aromatic heterocycles. The normalized spacial score (nSPS) is 24.1. The lowest BCUT2D eigenvalue weighted by Gasteiger charge is -2.20. The molecule has 1 atom stereocenters. The number of aromatic amines is 1. The van der Waals surface area contributed by atoms with Crippen LogP contribution < -0.4 is 5.32 Å². The van der Waals surface area contributed by atoms with Gasteiger partial charge in [-0.25, -0.2) is 4.98 Å². The second kappa shape index (κ2) is 5.68. The number of hydrogen-bond acceptors (Lipinski definition) is 3. The average Bonchev–Trinajstić information content (AvgIpc) is 3.20. The molecule has 0 amide bonds. The molecule has 0 bridgehead atoms. The summed E-state index contributed by atoms with van der Waals surface area (Å²) < 4.78 is 0. The number of aromatic nitrogens is 2. The number of likely N-dealkylation sites (tertiary alicyclic amines) is 1. The van der Waals surface area contributed by atoms with Gasteiger partial charge in [0.15, 0.2) is 0 Å². The summed E-state index contributed by atoms with van der Waals surface area (Å²) in [5, 5.41) is 3.58. The third-order valence-corrected chi connectivity index (χ3v) is 4.99. The van der Waals surface area contributed by atoms with E-state index < -0.39 is 0 Å². The van der Waals surface area contributed by atoms with Gasteiger partial charge in [0.1, 0.15) is 0 Å². The van der Waals surface area contributed by atoms with Gasteiger partial charge in [-0.1, -0.05) is 25.0 Å². The Morgan fingerprint density at radius 1 is 1.19 bits per heavy atom. The van der Waals surface area contributed by atoms with Gasteiger partial charge in [-0.05, 0) is 37.3 Å². The molecule has 1 unspecified atom stereocenters. The van der Waals surface area contributed by atoms with E-state index in [1.54, 1.807) is 0 Å². The number of nitrogens with zero attached hydrogens (tertiary/aromatic N) is 2. The first kappa shape index (κ1) is 13.1. The van der Waals surface area contributed by atoms with Crippen LogP contribution in [0.3, 0.4) is 0 Å². The lowest BCUT2D eigenvalue weighted by Crippen LogP contribution is -2.30. The van der Waals surface area contributed by atoms with E-state index >= 15 is 0 Å². The van der Waals surface area contributed by atoms with Gasteiger partial charge < -0.3 is 15.2 Å². The van der Waals surface area contributed by atoms with Crippen LogP contribution in [-0.2, 0) is 0 Å². The van der Waals surface area contributed by atoms with E-state index in [0.717, 1.165) is 29.4 Å². The number of rotatable bonds is 4. The van der Waals surface area contributed by atoms with E-state index in [0.29, 0.717) is 6.04 Å². The SMILES string of the molecule is c1ccc2[nH]c(NC3CCN(CC4CCCC4)C3)nc2c1. The minimum atomic E-state index is 0.534. The molecule has 2 N–H and O–H groups in total. The molecule has 0 radical (unpaired) electrons. The highest BCUT2D eigenvalue weighted by Crippen LogP contribution is 2.27. The van der Waals surface area contributed by atoms with Crippen LogP contribution in [0.4, 0.5) is 5.95 Å². The molecule has 4 nitrogen and oxygen atoms in total. The molecule has 1 saturated heterocycles. The number of H-pyrrole nitrogens is 1. The Kier molecular flexibility index (Phi) is 3.55. The molecule has 2 fully saturated rings. The van der Waals surface area contributed by atoms with Crippen molar-refractivity contribution < 1.29 is 0 Å². The molecule has 2 aliphatic rings. The highest BCUT2D eigenvalue weighted by molar-refractivity contribution is 5.77. The molecule has 0 spiro atoms. The number of anilines is 1. The van der Waals surface area contributed by atoms with Crippen LogP contribution in [0, 0.1) is 5.92 Å². The number of para-hydroxylation sites is 2. The topological polar surface area (TPSA) is 44.0 Å². The Hall–Kier alpha value is -1.55. The fourth-order valence-electron chi connectivity index (χ4n) is 3.89. The Bertz CT molecular complexity index is 567. The highest BCUT2D eigenvalue weighted by atomic mass is 15.2. The molecular formula is C17H24N4. The van der Waals surface area contributed by atoms with Crippen LogP contribution >= 0.6 is 0 Å². The highest BCUT2D eigenvalue weighted by Gasteiger charge is 2.26. The summed E-state index contributed by atoms with van der Waals surface area (Å²) in [4.78, 5) is 10.6. The minimum Gasteiger partial charge on any atom is -0.352 e. The second-order valence-corrected chi connectivity index (χ2v) is 6.64. The zero-order chi connectivity index (χ0) is 14.1. The second-order valence-electron chi connectivity index (χ2n) is 6.64. The van der Waals surface area contributed by atoms with Crippen molar-refractivity contribution in [2.24, 2.45) is 5.92 Å². The van der Waals surface area contributed by atoms with E-state index in [9.17, 15) is 0 Å². The third-order valence-electron chi connectivity index (χ3n) is 4.99. The van der Waals surface area contributed by atoms with Gasteiger partial charge in [0, 0.05) is 25.7 Å². The summed E-state index contributed by atoms with van der Waals surface area (Å²) in [6.45, 7) is 3.69. The molecule has 21 heavy (non-hydrogen) atoms. The summed E-state index contributed by atoms with van der Waals surface area (Å²) in [6, 6.07) is 8.74. The summed E-state index contributed by atoms with van der Waals surface area (Å²) in [7, 11) is 0. The van der Waals surface area contributed by atoms with Gasteiger partial charge in [-0.3, -0.25) is 0 Å². The number of imidazole rings is 1. The Labute approximate surface area is 125 Å². The summed E-state index contributed by atoms with van der Waals surface area (Å²) in [6.07, 6.45) is 7.00. The summed E-state index contributed by atoms with van der Waals surface area (Å²) >= 11 is 0. The van der Waals surface area contributed by atoms with Crippen LogP contribution in [0.1, 0.15) is 32.1 Å². The molecule has 2 aromatic rings. The zero-order valence-electron chi connectivity index (χ0n) is 12.5. The van der Waals surface area contributed by atoms with Gasteiger partial charge in [0.05, 0.1) is 11.0 Å². The van der Waals surface area contributed by atoms with Crippen LogP contribution in [0.5, 0.6) is 0 Å². The van der Waals surface area contributed by atoms with Crippen molar-refractivity contribution in [3.63, 3.8) is 0 Å². The zero-order valence-corrected chi connectivity index (χ0v) is 12.5. The molecular weight excluding hydrogens is 260 g/mol. The summed E-state index contributed by atoms with van der Waals surface area (Å²) in [5.74, 6) is 1.87. The van der Waals surface area contributed by atoms with E-state index in [1.165, 1.54) is 45.2 Å². The molecule has 112 valence electrons. The van der Waals surface area contributed by atoms with E-state index in [4.69, 9.17) is 0 Å². The summed E-state index contributed by atoms with van der Waals surface area (Å²) in [5.41, 5.74) is 2.15. The van der Waals surface area contributed by atoms with Crippen LogP contribution in [0.2, 0.25) is 0 Å². The Morgan fingerprint density at radius 2 is 2.05 bits per heavy atom. The van der Waals surface area contributed by atoms with Gasteiger partial charge in [0.25, 0.3) is 0 Å². The molecule has 2 heterocycles. The van der Waals surface area contributed by atoms with Crippen molar-refractivity contribution >= 4 is 17.0 Å². The van der Waals surface area contributed by atoms with E-state index in [1.807, 2.05) is 12.1 Å². The number of fused-ring (bicyclic) bond motifs is 1. The quantitative estimate of drug-likeness (QED) is 0.906. The van der Waals surface area contributed by atoms with Crippen LogP contribution in [-0.4, -0.2) is 40.5 Å². The van der Waals surface area contributed by atoms with Gasteiger partial charge in [-0.2, -0.15) is 0 Å². The number of hydrogen-bond donors (Lipinski definition) is 2. The van der Waals surface area contributed by atoms with Gasteiger partial charge in [-0.15, -0.1) is 0 Å². The van der Waals surface area contributed by atoms with Gasteiger partial charge >= 0.3 is 0 Å². The Balaban J connectivity index is 1.35. The smallest absolute Gasteiger partial charge is 0.201 e. The first-order chi connectivity index (χ1) is 10.4. The molecule has 1 saturated carbocycles. The largest absolute Gasteiger partial charge is 0.352 e. The van der Waals surface area contributed by atoms with Gasteiger partial charge in [0.2, 0.25) is 5.95 Å². The molecule has 4 heteroatoms. The van der Waals surface area contributed by atoms with Crippen molar-refractivity contribution in [2.75, 3.05) is 25.0 Å². The van der Waals surface area contributed by atoms with Crippen molar-refractivity contribution in [1.29, 1.82) is 0 Å². The van der Waals surface area contributed by atoms with Crippen molar-refractivity contribution in [3.05, 3.63) is 24.3 Å². The lowest BCUT2D eigenvalue weighted by atomic mass is 10.1. The minimum absolute atomic E-state index is 0.534. The fourth-order valence-corrected chi connectivity index (χ4v) is 3.89. The van der Waals surface area contributed by atoms with Crippen molar-refractivity contribution in [1.82, 2.24) is 14.9 Å². The monoisotopic (exact) mass is 284 g/mol. The molecule has 1 aliphatic heterocycles. The Morgan fingerprint density at radius 3 is 2.90 bits per heavy atom. The van der Waals surface area contributed by atoms with Crippen molar-refractivity contribution in [3.8, 4) is 0 Å². The van der Waals surface area contributed by atoms with Crippen LogP contribution in [0.15, 0.2) is 24.3 Å².